The van der Waals surface area contributed by atoms with E-state index in [-0.39, 0.29) is 0 Å². The molecule has 0 N–H and O–H groups in total. The zero-order chi connectivity index (χ0) is 43.1. The van der Waals surface area contributed by atoms with E-state index in [9.17, 15) is 0 Å². The Morgan fingerprint density at radius 1 is 0.492 bits per heavy atom. The lowest BCUT2D eigenvalue weighted by atomic mass is 9.64. The Balaban J connectivity index is 1.11. The standard InChI is InChI=1S/C62H43NO2/c1-40-17-15-24-45(37-40)62(44-22-9-4-10-23-44)52-27-13-11-25-48(52)49-36-35-47(38-53(49)62)63(46-33-31-42(32-34-46)41-18-5-2-6-19-41)54-28-16-30-56-59(54)51-39-57-60(50-26-12-14-29-55(50)64-57)58(61(51)65-56)43-20-7-3-8-21-43/h2-36,38-40H,37H2,1H3. The normalized spacial score (nSPS) is 16.6. The molecule has 308 valence electrons. The van der Waals surface area contributed by atoms with Crippen LogP contribution in [0.3, 0.4) is 0 Å². The van der Waals surface area contributed by atoms with E-state index < -0.39 is 5.41 Å². The lowest BCUT2D eigenvalue weighted by molar-refractivity contribution is 0.615. The maximum absolute atomic E-state index is 7.12. The van der Waals surface area contributed by atoms with Crippen LogP contribution in [0.2, 0.25) is 0 Å². The van der Waals surface area contributed by atoms with Crippen LogP contribution in [0.5, 0.6) is 0 Å². The Morgan fingerprint density at radius 2 is 1.15 bits per heavy atom. The van der Waals surface area contributed by atoms with Crippen LogP contribution in [0.1, 0.15) is 30.0 Å². The van der Waals surface area contributed by atoms with Crippen LogP contribution in [0, 0.1) is 5.92 Å². The highest BCUT2D eigenvalue weighted by Gasteiger charge is 2.48. The van der Waals surface area contributed by atoms with Gasteiger partial charge in [0.25, 0.3) is 0 Å². The molecule has 2 aromatic heterocycles. The Kier molecular flexibility index (Phi) is 8.48. The van der Waals surface area contributed by atoms with Crippen LogP contribution in [0.15, 0.2) is 239 Å². The summed E-state index contributed by atoms with van der Waals surface area (Å²) in [5.41, 5.74) is 18.3. The molecule has 9 aromatic carbocycles. The number of rotatable bonds is 7. The third-order valence-electron chi connectivity index (χ3n) is 13.9. The smallest absolute Gasteiger partial charge is 0.144 e. The molecule has 3 nitrogen and oxygen atoms in total. The number of benzene rings is 9. The van der Waals surface area contributed by atoms with Crippen molar-refractivity contribution in [2.45, 2.75) is 18.8 Å². The summed E-state index contributed by atoms with van der Waals surface area (Å²) in [4.78, 5) is 2.44. The second-order valence-electron chi connectivity index (χ2n) is 17.6. The summed E-state index contributed by atoms with van der Waals surface area (Å²) >= 11 is 0. The second-order valence-corrected chi connectivity index (χ2v) is 17.6. The molecule has 2 unspecified atom stereocenters. The monoisotopic (exact) mass is 833 g/mol. The summed E-state index contributed by atoms with van der Waals surface area (Å²) in [6.07, 6.45) is 7.95. The Morgan fingerprint density at radius 3 is 1.95 bits per heavy atom. The van der Waals surface area contributed by atoms with Gasteiger partial charge in [0.2, 0.25) is 0 Å². The first-order valence-electron chi connectivity index (χ1n) is 22.6. The van der Waals surface area contributed by atoms with Gasteiger partial charge in [0.1, 0.15) is 22.3 Å². The third kappa shape index (κ3) is 5.68. The third-order valence-corrected chi connectivity index (χ3v) is 13.9. The minimum atomic E-state index is -0.489. The predicted octanol–water partition coefficient (Wildman–Crippen LogP) is 17.1. The van der Waals surface area contributed by atoms with Crippen molar-refractivity contribution in [2.24, 2.45) is 5.92 Å². The Labute approximate surface area is 377 Å². The topological polar surface area (TPSA) is 29.5 Å². The molecule has 0 saturated carbocycles. The predicted molar refractivity (Wildman–Crippen MR) is 269 cm³/mol. The van der Waals surface area contributed by atoms with Crippen LogP contribution in [-0.2, 0) is 5.41 Å². The van der Waals surface area contributed by atoms with Crippen LogP contribution in [-0.4, -0.2) is 0 Å². The van der Waals surface area contributed by atoms with Gasteiger partial charge in [-0.05, 0) is 105 Å². The van der Waals surface area contributed by atoms with Gasteiger partial charge >= 0.3 is 0 Å². The number of fused-ring (bicyclic) bond motifs is 9. The SMILES string of the molecule is CC1C=CC=C(C2(c3ccccc3)c3ccccc3-c3ccc(N(c4ccc(-c5ccccc5)cc4)c4cccc5oc6c(-c7ccccc7)c7c(cc6c45)oc4ccccc47)cc32)C1. The van der Waals surface area contributed by atoms with Crippen molar-refractivity contribution in [3.63, 3.8) is 0 Å². The quantitative estimate of drug-likeness (QED) is 0.160. The molecule has 13 rings (SSSR count). The minimum absolute atomic E-state index is 0.417. The second kappa shape index (κ2) is 14.7. The van der Waals surface area contributed by atoms with Gasteiger partial charge in [0.05, 0.1) is 16.5 Å². The molecule has 0 aliphatic heterocycles. The highest BCUT2D eigenvalue weighted by Crippen LogP contribution is 2.59. The number of furan rings is 2. The Bertz CT molecular complexity index is 3690. The van der Waals surface area contributed by atoms with Crippen molar-refractivity contribution >= 4 is 60.9 Å². The first kappa shape index (κ1) is 37.4. The lowest BCUT2D eigenvalue weighted by Gasteiger charge is -2.38. The van der Waals surface area contributed by atoms with E-state index in [2.05, 4.69) is 230 Å². The average molecular weight is 834 g/mol. The molecule has 2 aliphatic carbocycles. The zero-order valence-electron chi connectivity index (χ0n) is 35.9. The Hall–Kier alpha value is -8.14. The van der Waals surface area contributed by atoms with Gasteiger partial charge in [0.15, 0.2) is 0 Å². The fourth-order valence-electron chi connectivity index (χ4n) is 11.1. The van der Waals surface area contributed by atoms with Crippen molar-refractivity contribution in [2.75, 3.05) is 4.90 Å². The maximum atomic E-state index is 7.12. The first-order chi connectivity index (χ1) is 32.1. The van der Waals surface area contributed by atoms with E-state index in [0.717, 1.165) is 78.5 Å². The lowest BCUT2D eigenvalue weighted by Crippen LogP contribution is -2.31. The molecule has 0 fully saturated rings. The van der Waals surface area contributed by atoms with E-state index >= 15 is 0 Å². The molecule has 0 radical (unpaired) electrons. The highest BCUT2D eigenvalue weighted by atomic mass is 16.3. The van der Waals surface area contributed by atoms with Gasteiger partial charge in [-0.1, -0.05) is 188 Å². The summed E-state index contributed by atoms with van der Waals surface area (Å²) in [5, 5.41) is 4.17. The van der Waals surface area contributed by atoms with Gasteiger partial charge in [-0.15, -0.1) is 0 Å². The summed E-state index contributed by atoms with van der Waals surface area (Å²) in [7, 11) is 0. The highest BCUT2D eigenvalue weighted by molar-refractivity contribution is 6.25. The molecule has 2 heterocycles. The van der Waals surface area contributed by atoms with Gasteiger partial charge in [-0.25, -0.2) is 0 Å². The van der Waals surface area contributed by atoms with E-state index in [1.54, 1.807) is 0 Å². The summed E-state index contributed by atoms with van der Waals surface area (Å²) in [5.74, 6) is 0.417. The summed E-state index contributed by atoms with van der Waals surface area (Å²) in [6, 6.07) is 74.6. The average Bonchev–Trinajstić information content (AvgIpc) is 4.03. The van der Waals surface area contributed by atoms with E-state index in [1.165, 1.54) is 44.5 Å². The number of nitrogens with zero attached hydrogens (tertiary/aromatic N) is 1. The van der Waals surface area contributed by atoms with E-state index in [1.807, 2.05) is 6.07 Å². The maximum Gasteiger partial charge on any atom is 0.144 e. The van der Waals surface area contributed by atoms with Crippen LogP contribution in [0.25, 0.3) is 77.3 Å². The minimum Gasteiger partial charge on any atom is -0.456 e. The number of hydrogen-bond donors (Lipinski definition) is 0. The fourth-order valence-corrected chi connectivity index (χ4v) is 11.1. The molecule has 0 saturated heterocycles. The molecule has 0 spiro atoms. The molecule has 0 amide bonds. The number of para-hydroxylation sites is 1. The summed E-state index contributed by atoms with van der Waals surface area (Å²) < 4.78 is 13.8. The zero-order valence-corrected chi connectivity index (χ0v) is 35.9. The molecular formula is C62H43NO2. The van der Waals surface area contributed by atoms with Crippen molar-refractivity contribution in [3.8, 4) is 33.4 Å². The molecule has 65 heavy (non-hydrogen) atoms. The van der Waals surface area contributed by atoms with E-state index in [0.29, 0.717) is 5.92 Å². The van der Waals surface area contributed by atoms with Crippen molar-refractivity contribution in [3.05, 3.63) is 247 Å². The van der Waals surface area contributed by atoms with Crippen LogP contribution in [0.4, 0.5) is 17.1 Å². The van der Waals surface area contributed by atoms with Gasteiger partial charge in [0, 0.05) is 33.1 Å². The largest absolute Gasteiger partial charge is 0.456 e. The van der Waals surface area contributed by atoms with Crippen molar-refractivity contribution in [1.82, 2.24) is 0 Å². The molecule has 2 aliphatic rings. The van der Waals surface area contributed by atoms with Crippen molar-refractivity contribution in [1.29, 1.82) is 0 Å². The first-order valence-corrected chi connectivity index (χ1v) is 22.6. The number of anilines is 3. The molecule has 3 heteroatoms. The van der Waals surface area contributed by atoms with E-state index in [4.69, 9.17) is 8.83 Å². The number of allylic oxidation sites excluding steroid dienone is 4. The fraction of sp³-hybridized carbons (Fsp3) is 0.0645. The van der Waals surface area contributed by atoms with Crippen molar-refractivity contribution < 1.29 is 8.83 Å². The molecular weight excluding hydrogens is 791 g/mol. The number of hydrogen-bond acceptors (Lipinski definition) is 3. The van der Waals surface area contributed by atoms with Gasteiger partial charge in [-0.2, -0.15) is 0 Å². The van der Waals surface area contributed by atoms with Crippen LogP contribution < -0.4 is 4.90 Å². The molecule has 0 bridgehead atoms. The molecule has 2 atom stereocenters. The van der Waals surface area contributed by atoms with Gasteiger partial charge in [-0.3, -0.25) is 0 Å². The summed E-state index contributed by atoms with van der Waals surface area (Å²) in [6.45, 7) is 2.33. The molecule has 11 aromatic rings. The van der Waals surface area contributed by atoms with Crippen LogP contribution >= 0.6 is 0 Å². The van der Waals surface area contributed by atoms with Gasteiger partial charge < -0.3 is 13.7 Å².